The SMILES string of the molecule is CCNC(C1=CCCCC1)C(C)CC. The Balaban J connectivity index is 2.60. The minimum absolute atomic E-state index is 0.644. The highest BCUT2D eigenvalue weighted by Crippen LogP contribution is 2.25. The standard InChI is InChI=1S/C13H25N/c1-4-11(3)13(14-5-2)12-9-7-6-8-10-12/h9,11,13-14H,4-8,10H2,1-3H3. The highest BCUT2D eigenvalue weighted by Gasteiger charge is 2.19. The van der Waals surface area contributed by atoms with Gasteiger partial charge in [-0.2, -0.15) is 0 Å². The molecule has 1 rings (SSSR count). The Morgan fingerprint density at radius 1 is 1.36 bits per heavy atom. The van der Waals surface area contributed by atoms with Gasteiger partial charge in [0, 0.05) is 6.04 Å². The molecule has 0 aromatic rings. The van der Waals surface area contributed by atoms with E-state index in [4.69, 9.17) is 0 Å². The molecule has 0 spiro atoms. The summed E-state index contributed by atoms with van der Waals surface area (Å²) in [5.41, 5.74) is 1.67. The van der Waals surface area contributed by atoms with Gasteiger partial charge in [-0.15, -0.1) is 0 Å². The maximum absolute atomic E-state index is 3.63. The van der Waals surface area contributed by atoms with Gasteiger partial charge < -0.3 is 5.32 Å². The Morgan fingerprint density at radius 3 is 2.64 bits per heavy atom. The van der Waals surface area contributed by atoms with Crippen LogP contribution in [0.15, 0.2) is 11.6 Å². The summed E-state index contributed by atoms with van der Waals surface area (Å²) in [5.74, 6) is 0.777. The first kappa shape index (κ1) is 11.8. The average Bonchev–Trinajstić information content (AvgIpc) is 2.26. The lowest BCUT2D eigenvalue weighted by Crippen LogP contribution is -2.36. The summed E-state index contributed by atoms with van der Waals surface area (Å²) in [4.78, 5) is 0. The second kappa shape index (κ2) is 6.23. The quantitative estimate of drug-likeness (QED) is 0.662. The van der Waals surface area contributed by atoms with Crippen LogP contribution in [0.5, 0.6) is 0 Å². The monoisotopic (exact) mass is 195 g/mol. The van der Waals surface area contributed by atoms with Crippen molar-refractivity contribution in [3.05, 3.63) is 11.6 Å². The van der Waals surface area contributed by atoms with Crippen molar-refractivity contribution in [3.8, 4) is 0 Å². The van der Waals surface area contributed by atoms with Gasteiger partial charge in [-0.05, 0) is 38.1 Å². The van der Waals surface area contributed by atoms with Gasteiger partial charge in [0.25, 0.3) is 0 Å². The molecule has 0 amide bonds. The highest BCUT2D eigenvalue weighted by molar-refractivity contribution is 5.14. The normalized spacial score (nSPS) is 21.5. The first-order chi connectivity index (χ1) is 6.79. The van der Waals surface area contributed by atoms with E-state index in [-0.39, 0.29) is 0 Å². The van der Waals surface area contributed by atoms with E-state index in [0.29, 0.717) is 6.04 Å². The summed E-state index contributed by atoms with van der Waals surface area (Å²) in [6, 6.07) is 0.644. The third kappa shape index (κ3) is 3.13. The van der Waals surface area contributed by atoms with Gasteiger partial charge in [0.05, 0.1) is 0 Å². The highest BCUT2D eigenvalue weighted by atomic mass is 14.9. The fourth-order valence-electron chi connectivity index (χ4n) is 2.30. The van der Waals surface area contributed by atoms with Gasteiger partial charge in [-0.1, -0.05) is 38.8 Å². The van der Waals surface area contributed by atoms with Crippen LogP contribution in [0.3, 0.4) is 0 Å². The van der Waals surface area contributed by atoms with Crippen molar-refractivity contribution in [1.82, 2.24) is 5.32 Å². The molecule has 0 heterocycles. The fraction of sp³-hybridized carbons (Fsp3) is 0.846. The molecule has 0 fully saturated rings. The number of nitrogens with one attached hydrogen (secondary N) is 1. The van der Waals surface area contributed by atoms with Crippen LogP contribution in [0.25, 0.3) is 0 Å². The molecule has 2 unspecified atom stereocenters. The molecule has 82 valence electrons. The van der Waals surface area contributed by atoms with E-state index in [9.17, 15) is 0 Å². The maximum Gasteiger partial charge on any atom is 0.0304 e. The van der Waals surface area contributed by atoms with Crippen LogP contribution in [0, 0.1) is 5.92 Å². The molecular weight excluding hydrogens is 170 g/mol. The van der Waals surface area contributed by atoms with Gasteiger partial charge in [-0.3, -0.25) is 0 Å². The molecule has 1 heteroatoms. The average molecular weight is 195 g/mol. The number of rotatable bonds is 5. The van der Waals surface area contributed by atoms with Crippen LogP contribution >= 0.6 is 0 Å². The van der Waals surface area contributed by atoms with Crippen LogP contribution in [0.4, 0.5) is 0 Å². The minimum Gasteiger partial charge on any atom is -0.310 e. The van der Waals surface area contributed by atoms with Gasteiger partial charge in [0.15, 0.2) is 0 Å². The predicted molar refractivity (Wildman–Crippen MR) is 63.5 cm³/mol. The van der Waals surface area contributed by atoms with E-state index in [2.05, 4.69) is 32.2 Å². The first-order valence-corrected chi connectivity index (χ1v) is 6.21. The third-order valence-electron chi connectivity index (χ3n) is 3.36. The summed E-state index contributed by atoms with van der Waals surface area (Å²) in [5, 5.41) is 3.63. The van der Waals surface area contributed by atoms with E-state index in [0.717, 1.165) is 12.5 Å². The molecule has 0 saturated heterocycles. The molecule has 14 heavy (non-hydrogen) atoms. The molecule has 0 aromatic heterocycles. The molecule has 0 saturated carbocycles. The van der Waals surface area contributed by atoms with Gasteiger partial charge in [0.1, 0.15) is 0 Å². The van der Waals surface area contributed by atoms with Gasteiger partial charge in [0.2, 0.25) is 0 Å². The van der Waals surface area contributed by atoms with Crippen molar-refractivity contribution >= 4 is 0 Å². The van der Waals surface area contributed by atoms with Crippen molar-refractivity contribution in [3.63, 3.8) is 0 Å². The van der Waals surface area contributed by atoms with Crippen molar-refractivity contribution in [1.29, 1.82) is 0 Å². The summed E-state index contributed by atoms with van der Waals surface area (Å²) in [6.07, 6.45) is 9.15. The summed E-state index contributed by atoms with van der Waals surface area (Å²) >= 11 is 0. The summed E-state index contributed by atoms with van der Waals surface area (Å²) < 4.78 is 0. The smallest absolute Gasteiger partial charge is 0.0304 e. The van der Waals surface area contributed by atoms with Crippen LogP contribution in [-0.4, -0.2) is 12.6 Å². The number of hydrogen-bond acceptors (Lipinski definition) is 1. The Kier molecular flexibility index (Phi) is 5.24. The zero-order chi connectivity index (χ0) is 10.4. The number of allylic oxidation sites excluding steroid dienone is 1. The third-order valence-corrected chi connectivity index (χ3v) is 3.36. The van der Waals surface area contributed by atoms with Gasteiger partial charge >= 0.3 is 0 Å². The zero-order valence-corrected chi connectivity index (χ0v) is 9.97. The Hall–Kier alpha value is -0.300. The molecule has 0 radical (unpaired) electrons. The summed E-state index contributed by atoms with van der Waals surface area (Å²) in [6.45, 7) is 7.95. The summed E-state index contributed by atoms with van der Waals surface area (Å²) in [7, 11) is 0. The molecule has 2 atom stereocenters. The minimum atomic E-state index is 0.644. The zero-order valence-electron chi connectivity index (χ0n) is 9.97. The first-order valence-electron chi connectivity index (χ1n) is 6.21. The van der Waals surface area contributed by atoms with E-state index >= 15 is 0 Å². The lowest BCUT2D eigenvalue weighted by Gasteiger charge is -2.28. The molecule has 1 N–H and O–H groups in total. The molecule has 0 bridgehead atoms. The molecule has 1 aliphatic rings. The molecular formula is C13H25N. The Labute approximate surface area is 89.0 Å². The number of likely N-dealkylation sites (N-methyl/N-ethyl adjacent to an activating group) is 1. The van der Waals surface area contributed by atoms with Gasteiger partial charge in [-0.25, -0.2) is 0 Å². The van der Waals surface area contributed by atoms with Crippen molar-refractivity contribution in [2.24, 2.45) is 5.92 Å². The van der Waals surface area contributed by atoms with E-state index < -0.39 is 0 Å². The van der Waals surface area contributed by atoms with Crippen molar-refractivity contribution in [2.45, 2.75) is 58.9 Å². The van der Waals surface area contributed by atoms with Crippen LogP contribution in [0.2, 0.25) is 0 Å². The van der Waals surface area contributed by atoms with E-state index in [1.165, 1.54) is 32.1 Å². The lowest BCUT2D eigenvalue weighted by atomic mass is 9.86. The second-order valence-corrected chi connectivity index (χ2v) is 4.45. The van der Waals surface area contributed by atoms with Crippen molar-refractivity contribution < 1.29 is 0 Å². The predicted octanol–water partition coefficient (Wildman–Crippen LogP) is 3.51. The maximum atomic E-state index is 3.63. The van der Waals surface area contributed by atoms with Crippen LogP contribution < -0.4 is 5.32 Å². The van der Waals surface area contributed by atoms with E-state index in [1.807, 2.05) is 0 Å². The topological polar surface area (TPSA) is 12.0 Å². The Morgan fingerprint density at radius 2 is 2.14 bits per heavy atom. The van der Waals surface area contributed by atoms with Crippen molar-refractivity contribution in [2.75, 3.05) is 6.54 Å². The van der Waals surface area contributed by atoms with E-state index in [1.54, 1.807) is 5.57 Å². The second-order valence-electron chi connectivity index (χ2n) is 4.45. The lowest BCUT2D eigenvalue weighted by molar-refractivity contribution is 0.399. The molecule has 0 aliphatic heterocycles. The molecule has 0 aromatic carbocycles. The van der Waals surface area contributed by atoms with Crippen LogP contribution in [0.1, 0.15) is 52.9 Å². The molecule has 1 nitrogen and oxygen atoms in total. The largest absolute Gasteiger partial charge is 0.310 e. The fourth-order valence-corrected chi connectivity index (χ4v) is 2.30. The molecule has 1 aliphatic carbocycles. The number of hydrogen-bond donors (Lipinski definition) is 1. The Bertz CT molecular complexity index is 184. The van der Waals surface area contributed by atoms with Crippen LogP contribution in [-0.2, 0) is 0 Å².